The number of phosphoric ester groups is 4. The van der Waals surface area contributed by atoms with Crippen LogP contribution in [-0.2, 0) is 82.4 Å². The molecular formula is C38H73N5O35P6. The van der Waals surface area contributed by atoms with Crippen molar-refractivity contribution < 1.29 is 167 Å². The fourth-order valence-corrected chi connectivity index (χ4v) is 12.4. The molecule has 0 radical (unpaired) electrons. The number of unbranched alkanes of at least 4 members (excludes halogenated alkanes) is 8. The molecule has 4 rings (SSSR count). The van der Waals surface area contributed by atoms with Gasteiger partial charge in [0.05, 0.1) is 32.8 Å². The third kappa shape index (κ3) is 28.9. The van der Waals surface area contributed by atoms with Crippen LogP contribution < -0.4 is 5.73 Å². The molecular weight excluding hydrogens is 1270 g/mol. The Morgan fingerprint density at radius 2 is 1.14 bits per heavy atom. The van der Waals surface area contributed by atoms with Crippen molar-refractivity contribution in [2.24, 2.45) is 0 Å². The number of carbonyl (C=O) groups is 2. The molecule has 5 unspecified atom stereocenters. The molecule has 0 bridgehead atoms. The van der Waals surface area contributed by atoms with Crippen molar-refractivity contribution in [1.82, 2.24) is 19.5 Å². The first-order valence-electron chi connectivity index (χ1n) is 25.0. The van der Waals surface area contributed by atoms with E-state index >= 15 is 0 Å². The zero-order chi connectivity index (χ0) is 64.0. The fraction of sp³-hybridized carbons (Fsp3) is 0.816. The molecule has 2 aromatic heterocycles. The van der Waals surface area contributed by atoms with Gasteiger partial charge in [-0.3, -0.25) is 36.8 Å². The summed E-state index contributed by atoms with van der Waals surface area (Å²) in [4.78, 5) is 116. The summed E-state index contributed by atoms with van der Waals surface area (Å²) in [7, 11) is -32.8. The third-order valence-corrected chi connectivity index (χ3v) is 17.0. The van der Waals surface area contributed by atoms with Crippen LogP contribution in [0, 0.1) is 0 Å². The van der Waals surface area contributed by atoms with E-state index in [1.807, 2.05) is 0 Å². The van der Waals surface area contributed by atoms with E-state index in [4.69, 9.17) is 64.4 Å². The molecule has 2 aromatic rings. The fourth-order valence-electron chi connectivity index (χ4n) is 7.27. The quantitative estimate of drug-likeness (QED) is 0.0214. The molecule has 2 aliphatic rings. The van der Waals surface area contributed by atoms with Crippen LogP contribution in [0.15, 0.2) is 12.7 Å². The highest BCUT2D eigenvalue weighted by Gasteiger charge is 2.57. The number of hydrogen-bond acceptors (Lipinski definition) is 30. The van der Waals surface area contributed by atoms with E-state index in [1.165, 1.54) is 36.6 Å². The number of anilines is 1. The molecule has 3 heterocycles. The molecule has 0 aromatic carbocycles. The Morgan fingerprint density at radius 3 is 1.67 bits per heavy atom. The van der Waals surface area contributed by atoms with Gasteiger partial charge in [-0.2, -0.15) is 8.62 Å². The van der Waals surface area contributed by atoms with E-state index in [2.05, 4.69) is 60.0 Å². The first-order chi connectivity index (χ1) is 38.8. The number of fused-ring (bicyclic) bond motifs is 1. The molecule has 15 atom stereocenters. The molecule has 0 amide bonds. The maximum atomic E-state index is 11.9. The first-order valence-corrected chi connectivity index (χ1v) is 34.0. The largest absolute Gasteiger partial charge is 0.490 e. The molecule has 490 valence electrons. The van der Waals surface area contributed by atoms with Crippen LogP contribution in [0.25, 0.3) is 11.2 Å². The Kier molecular flexibility index (Phi) is 33.1. The van der Waals surface area contributed by atoms with Gasteiger partial charge < -0.3 is 105 Å². The molecule has 46 heteroatoms. The van der Waals surface area contributed by atoms with Crippen molar-refractivity contribution in [2.75, 3.05) is 38.8 Å². The van der Waals surface area contributed by atoms with Gasteiger partial charge in [0.25, 0.3) is 0 Å². The number of rotatable bonds is 34. The smallest absolute Gasteiger partial charge is 0.462 e. The average Bonchev–Trinajstić information content (AvgIpc) is 2.78. The summed E-state index contributed by atoms with van der Waals surface area (Å²) >= 11 is 0. The second kappa shape index (κ2) is 35.8. The lowest BCUT2D eigenvalue weighted by Gasteiger charge is -2.44. The van der Waals surface area contributed by atoms with E-state index in [9.17, 15) is 77.4 Å². The highest BCUT2D eigenvalue weighted by Crippen LogP contribution is 2.66. The van der Waals surface area contributed by atoms with Crippen molar-refractivity contribution >= 4 is 75.9 Å². The number of ether oxygens (including phenoxy) is 3. The number of aromatic nitrogens is 4. The summed E-state index contributed by atoms with van der Waals surface area (Å²) in [5.41, 5.74) is 6.00. The molecule has 19 N–H and O–H groups in total. The summed E-state index contributed by atoms with van der Waals surface area (Å²) in [6.07, 6.45) is -9.25. The van der Waals surface area contributed by atoms with E-state index in [0.717, 1.165) is 44.9 Å². The third-order valence-electron chi connectivity index (χ3n) is 11.2. The monoisotopic (exact) mass is 1350 g/mol. The van der Waals surface area contributed by atoms with Crippen LogP contribution in [0.5, 0.6) is 0 Å². The lowest BCUT2D eigenvalue weighted by Crippen LogP contribution is -2.65. The van der Waals surface area contributed by atoms with Gasteiger partial charge >= 0.3 is 58.9 Å². The summed E-state index contributed by atoms with van der Waals surface area (Å²) in [5, 5.41) is 77.5. The zero-order valence-corrected chi connectivity index (χ0v) is 50.0. The van der Waals surface area contributed by atoms with Crippen molar-refractivity contribution in [3.63, 3.8) is 0 Å². The van der Waals surface area contributed by atoms with E-state index in [1.54, 1.807) is 0 Å². The Balaban J connectivity index is 0.000000434. The first kappa shape index (κ1) is 77.8. The minimum atomic E-state index is -5.70. The molecule has 0 spiro atoms. The summed E-state index contributed by atoms with van der Waals surface area (Å²) < 4.78 is 113. The van der Waals surface area contributed by atoms with Gasteiger partial charge in [0.1, 0.15) is 79.5 Å². The Bertz CT molecular complexity index is 2630. The number of aliphatic hydroxyl groups excluding tert-OH is 8. The zero-order valence-electron chi connectivity index (χ0n) is 44.6. The van der Waals surface area contributed by atoms with Crippen LogP contribution in [-0.4, -0.2) is 217 Å². The predicted molar refractivity (Wildman–Crippen MR) is 276 cm³/mol. The van der Waals surface area contributed by atoms with Crippen LogP contribution in [0.2, 0.25) is 0 Å². The summed E-state index contributed by atoms with van der Waals surface area (Å²) in [6, 6.07) is 0. The maximum Gasteiger partial charge on any atom is 0.490 e. The second-order valence-electron chi connectivity index (χ2n) is 18.1. The number of nitrogens with zero attached hydrogens (tertiary/aromatic N) is 4. The van der Waals surface area contributed by atoms with Gasteiger partial charge in [0.15, 0.2) is 23.8 Å². The maximum absolute atomic E-state index is 11.9. The van der Waals surface area contributed by atoms with Crippen LogP contribution in [0.4, 0.5) is 5.82 Å². The number of phosphoric acid groups is 6. The molecule has 2 fully saturated rings. The van der Waals surface area contributed by atoms with Crippen molar-refractivity contribution in [3.8, 4) is 0 Å². The van der Waals surface area contributed by atoms with Crippen molar-refractivity contribution in [1.29, 1.82) is 0 Å². The number of imidazole rings is 1. The van der Waals surface area contributed by atoms with Crippen LogP contribution in [0.1, 0.15) is 97.1 Å². The predicted octanol–water partition coefficient (Wildman–Crippen LogP) is -1.58. The number of aliphatic hydroxyl groups is 8. The normalized spacial score (nSPS) is 25.8. The van der Waals surface area contributed by atoms with Crippen molar-refractivity contribution in [3.05, 3.63) is 12.7 Å². The molecule has 84 heavy (non-hydrogen) atoms. The number of carbonyl (C=O) groups excluding carboxylic acids is 2. The van der Waals surface area contributed by atoms with Gasteiger partial charge in [-0.25, -0.2) is 42.3 Å². The van der Waals surface area contributed by atoms with Gasteiger partial charge in [0, 0.05) is 12.8 Å². The lowest BCUT2D eigenvalue weighted by molar-refractivity contribution is -0.213. The van der Waals surface area contributed by atoms with E-state index < -0.39 is 140 Å². The van der Waals surface area contributed by atoms with Crippen LogP contribution >= 0.6 is 46.9 Å². The minimum absolute atomic E-state index is 0.0426. The van der Waals surface area contributed by atoms with Gasteiger partial charge in [-0.15, -0.1) is 0 Å². The number of esters is 2. The lowest BCUT2D eigenvalue weighted by atomic mass is 9.85. The minimum Gasteiger partial charge on any atom is -0.462 e. The standard InChI is InChI=1S/C19H36O5.C10H16N5O13P3.C9H21O17P3/c1-3-5-7-9-11-13-18(21)23-16-17(15-20)24-19(22)14-12-10-8-6-4-2;11-8-5-9(13-2-12-8)15(3-14-5)10-7(17)6(16)4(26-10)1-25-30(21,22)28-31(23,24)27-29(18,19)20;10-1-3(11)2-23-29(21,22)26-7-4(12)5(13)8(24-27(15,16)17)9(6(7)14)25-28(18,19)20/h17,20H,3-16H2,1-2H3;2-4,6-7,10,16-17H,1H2,(H,21,22)(H,23,24)(H2,11,12,13)(H2,18,19,20);3-14H,1-2H2,(H,21,22)(H2,15,16,17)(H2,18,19,20)/t;4-,6-,7-,10-;3?,4-,5+,6+,7-,8-,9-/m.11/s1. The van der Waals surface area contributed by atoms with E-state index in [-0.39, 0.29) is 42.1 Å². The van der Waals surface area contributed by atoms with Gasteiger partial charge in [-0.1, -0.05) is 65.2 Å². The average molecular weight is 1350 g/mol. The molecule has 1 aliphatic heterocycles. The molecule has 1 saturated carbocycles. The summed E-state index contributed by atoms with van der Waals surface area (Å²) in [6.45, 7) is 1.13. The Labute approximate surface area is 477 Å². The van der Waals surface area contributed by atoms with Crippen LogP contribution in [0.3, 0.4) is 0 Å². The topological polar surface area (TPSA) is 642 Å². The highest BCUT2D eigenvalue weighted by molar-refractivity contribution is 7.66. The molecule has 40 nitrogen and oxygen atoms in total. The highest BCUT2D eigenvalue weighted by atomic mass is 31.3. The Morgan fingerprint density at radius 1 is 0.607 bits per heavy atom. The van der Waals surface area contributed by atoms with E-state index in [0.29, 0.717) is 12.8 Å². The van der Waals surface area contributed by atoms with Gasteiger partial charge in [-0.05, 0) is 12.8 Å². The number of hydrogen-bond donors (Lipinski definition) is 18. The number of nitrogen functional groups attached to an aromatic ring is 1. The molecule has 1 saturated heterocycles. The SMILES string of the molecule is CCCCCCCC(=O)OCC(CO)OC(=O)CCCCCCC.Nc1ncnc2c1ncn2[C@@H]1O[C@H](COP(=O)(O)OP(=O)(O)OP(=O)(O)O)[C@@H](O)[C@H]1O.O=P(O)(O)O[C@@H]1[C@@H](O)[C@@H](O)[C@@H](OP(=O)(O)OCC(O)CO)[C@H](O)[C@H]1OP(=O)(O)O. The Hall–Kier alpha value is -2.33. The van der Waals surface area contributed by atoms with Gasteiger partial charge in [0.2, 0.25) is 0 Å². The molecule has 1 aliphatic carbocycles. The summed E-state index contributed by atoms with van der Waals surface area (Å²) in [5.74, 6) is -0.581. The number of nitrogens with two attached hydrogens (primary N) is 1. The second-order valence-corrected chi connectivity index (χ2v) is 26.3. The van der Waals surface area contributed by atoms with Crippen molar-refractivity contribution in [2.45, 2.75) is 164 Å².